The van der Waals surface area contributed by atoms with Crippen LogP contribution in [0.4, 0.5) is 5.82 Å². The van der Waals surface area contributed by atoms with Crippen LogP contribution in [0.3, 0.4) is 0 Å². The molecule has 0 spiro atoms. The molecule has 2 aromatic heterocycles. The fourth-order valence-electron chi connectivity index (χ4n) is 3.45. The van der Waals surface area contributed by atoms with Gasteiger partial charge in [0, 0.05) is 25.3 Å². The SMILES string of the molecule is CC1CC(C)C(C)N(c2nc3ccccn3c2CN)C1. The molecule has 3 unspecified atom stereocenters. The molecule has 3 rings (SSSR count). The van der Waals surface area contributed by atoms with Crippen molar-refractivity contribution >= 4 is 11.5 Å². The Morgan fingerprint density at radius 2 is 2.10 bits per heavy atom. The van der Waals surface area contributed by atoms with E-state index in [-0.39, 0.29) is 0 Å². The van der Waals surface area contributed by atoms with Gasteiger partial charge in [-0.05, 0) is 37.3 Å². The predicted molar refractivity (Wildman–Crippen MR) is 82.8 cm³/mol. The minimum atomic E-state index is 0.515. The smallest absolute Gasteiger partial charge is 0.152 e. The van der Waals surface area contributed by atoms with Crippen molar-refractivity contribution in [2.45, 2.75) is 39.8 Å². The van der Waals surface area contributed by atoms with Gasteiger partial charge in [-0.2, -0.15) is 0 Å². The summed E-state index contributed by atoms with van der Waals surface area (Å²) in [5, 5.41) is 0. The monoisotopic (exact) mass is 272 g/mol. The van der Waals surface area contributed by atoms with Gasteiger partial charge in [0.1, 0.15) is 5.65 Å². The maximum absolute atomic E-state index is 6.00. The molecule has 0 saturated carbocycles. The second-order valence-corrected chi connectivity index (χ2v) is 6.23. The van der Waals surface area contributed by atoms with Gasteiger partial charge in [0.2, 0.25) is 0 Å². The van der Waals surface area contributed by atoms with E-state index in [9.17, 15) is 0 Å². The number of rotatable bonds is 2. The maximum Gasteiger partial charge on any atom is 0.152 e. The first-order valence-corrected chi connectivity index (χ1v) is 7.54. The Kier molecular flexibility index (Phi) is 3.42. The van der Waals surface area contributed by atoms with Crippen molar-refractivity contribution in [1.82, 2.24) is 9.38 Å². The summed E-state index contributed by atoms with van der Waals surface area (Å²) in [5.74, 6) is 2.47. The highest BCUT2D eigenvalue weighted by Crippen LogP contribution is 2.32. The van der Waals surface area contributed by atoms with Crippen LogP contribution in [0.2, 0.25) is 0 Å². The first-order valence-electron chi connectivity index (χ1n) is 7.54. The second kappa shape index (κ2) is 5.09. The molecule has 0 bridgehead atoms. The topological polar surface area (TPSA) is 46.6 Å². The van der Waals surface area contributed by atoms with Gasteiger partial charge in [-0.25, -0.2) is 4.98 Å². The Bertz CT molecular complexity index is 604. The molecule has 3 heterocycles. The Morgan fingerprint density at radius 1 is 1.30 bits per heavy atom. The van der Waals surface area contributed by atoms with Gasteiger partial charge >= 0.3 is 0 Å². The van der Waals surface area contributed by atoms with Crippen molar-refractivity contribution in [2.24, 2.45) is 17.6 Å². The summed E-state index contributed by atoms with van der Waals surface area (Å²) in [7, 11) is 0. The first-order chi connectivity index (χ1) is 9.61. The summed E-state index contributed by atoms with van der Waals surface area (Å²) in [6.45, 7) is 8.56. The second-order valence-electron chi connectivity index (χ2n) is 6.23. The van der Waals surface area contributed by atoms with E-state index in [2.05, 4.69) is 36.3 Å². The van der Waals surface area contributed by atoms with Crippen LogP contribution in [-0.2, 0) is 6.54 Å². The molecule has 1 fully saturated rings. The number of hydrogen-bond donors (Lipinski definition) is 1. The largest absolute Gasteiger partial charge is 0.352 e. The van der Waals surface area contributed by atoms with Crippen LogP contribution in [0.25, 0.3) is 5.65 Å². The summed E-state index contributed by atoms with van der Waals surface area (Å²) in [6.07, 6.45) is 3.35. The Morgan fingerprint density at radius 3 is 2.85 bits per heavy atom. The van der Waals surface area contributed by atoms with E-state index in [0.717, 1.165) is 23.7 Å². The zero-order chi connectivity index (χ0) is 14.3. The van der Waals surface area contributed by atoms with E-state index in [1.165, 1.54) is 6.42 Å². The van der Waals surface area contributed by atoms with Crippen molar-refractivity contribution in [2.75, 3.05) is 11.4 Å². The number of fused-ring (bicyclic) bond motifs is 1. The van der Waals surface area contributed by atoms with Gasteiger partial charge in [0.05, 0.1) is 5.69 Å². The molecule has 0 radical (unpaired) electrons. The molecule has 108 valence electrons. The van der Waals surface area contributed by atoms with E-state index in [1.807, 2.05) is 18.2 Å². The lowest BCUT2D eigenvalue weighted by Gasteiger charge is -2.41. The van der Waals surface area contributed by atoms with Crippen LogP contribution in [0.1, 0.15) is 32.9 Å². The van der Waals surface area contributed by atoms with Crippen LogP contribution in [0, 0.1) is 11.8 Å². The number of hydrogen-bond acceptors (Lipinski definition) is 3. The fourth-order valence-corrected chi connectivity index (χ4v) is 3.45. The minimum Gasteiger partial charge on any atom is -0.352 e. The third-order valence-electron chi connectivity index (χ3n) is 4.67. The van der Waals surface area contributed by atoms with Crippen LogP contribution in [-0.4, -0.2) is 22.0 Å². The molecule has 2 aromatic rings. The van der Waals surface area contributed by atoms with Crippen LogP contribution in [0.15, 0.2) is 24.4 Å². The summed E-state index contributed by atoms with van der Waals surface area (Å²) >= 11 is 0. The zero-order valence-corrected chi connectivity index (χ0v) is 12.6. The summed E-state index contributed by atoms with van der Waals surface area (Å²) in [5.41, 5.74) is 8.10. The van der Waals surface area contributed by atoms with E-state index in [4.69, 9.17) is 10.7 Å². The highest BCUT2D eigenvalue weighted by Gasteiger charge is 2.31. The van der Waals surface area contributed by atoms with E-state index < -0.39 is 0 Å². The molecule has 4 heteroatoms. The molecule has 1 aliphatic heterocycles. The van der Waals surface area contributed by atoms with Gasteiger partial charge in [-0.3, -0.25) is 0 Å². The van der Waals surface area contributed by atoms with Crippen LogP contribution >= 0.6 is 0 Å². The molecule has 1 saturated heterocycles. The summed E-state index contributed by atoms with van der Waals surface area (Å²) in [4.78, 5) is 7.29. The molecule has 0 amide bonds. The van der Waals surface area contributed by atoms with Gasteiger partial charge in [0.25, 0.3) is 0 Å². The number of nitrogens with two attached hydrogens (primary N) is 1. The van der Waals surface area contributed by atoms with Crippen molar-refractivity contribution in [3.05, 3.63) is 30.1 Å². The lowest BCUT2D eigenvalue weighted by molar-refractivity contribution is 0.295. The molecule has 0 aromatic carbocycles. The maximum atomic E-state index is 6.00. The normalized spacial score (nSPS) is 27.2. The van der Waals surface area contributed by atoms with Gasteiger partial charge in [-0.1, -0.05) is 19.9 Å². The molecular weight excluding hydrogens is 248 g/mol. The number of anilines is 1. The lowest BCUT2D eigenvalue weighted by Crippen LogP contribution is -2.46. The number of pyridine rings is 1. The highest BCUT2D eigenvalue weighted by atomic mass is 15.3. The van der Waals surface area contributed by atoms with E-state index in [1.54, 1.807) is 0 Å². The Labute approximate surface area is 120 Å². The van der Waals surface area contributed by atoms with Crippen molar-refractivity contribution in [3.63, 3.8) is 0 Å². The molecule has 4 nitrogen and oxygen atoms in total. The zero-order valence-electron chi connectivity index (χ0n) is 12.6. The fraction of sp³-hybridized carbons (Fsp3) is 0.562. The third-order valence-corrected chi connectivity index (χ3v) is 4.67. The average molecular weight is 272 g/mol. The van der Waals surface area contributed by atoms with E-state index >= 15 is 0 Å². The molecule has 1 aliphatic rings. The molecule has 0 aliphatic carbocycles. The van der Waals surface area contributed by atoms with Gasteiger partial charge < -0.3 is 15.0 Å². The minimum absolute atomic E-state index is 0.515. The third kappa shape index (κ3) is 2.08. The van der Waals surface area contributed by atoms with Gasteiger partial charge in [0.15, 0.2) is 5.82 Å². The van der Waals surface area contributed by atoms with Crippen LogP contribution in [0.5, 0.6) is 0 Å². The molecule has 3 atom stereocenters. The number of aromatic nitrogens is 2. The molecule has 20 heavy (non-hydrogen) atoms. The molecule has 2 N–H and O–H groups in total. The van der Waals surface area contributed by atoms with E-state index in [0.29, 0.717) is 24.4 Å². The highest BCUT2D eigenvalue weighted by molar-refractivity contribution is 5.56. The van der Waals surface area contributed by atoms with Crippen LogP contribution < -0.4 is 10.6 Å². The Balaban J connectivity index is 2.08. The average Bonchev–Trinajstić information content (AvgIpc) is 2.81. The standard InChI is InChI=1S/C16H24N4/c1-11-8-12(2)13(3)20(10-11)16-14(9-17)19-7-5-4-6-15(19)18-16/h4-7,11-13H,8-10,17H2,1-3H3. The molecular formula is C16H24N4. The van der Waals surface area contributed by atoms with Crippen molar-refractivity contribution < 1.29 is 0 Å². The van der Waals surface area contributed by atoms with Crippen molar-refractivity contribution in [1.29, 1.82) is 0 Å². The summed E-state index contributed by atoms with van der Waals surface area (Å²) in [6, 6.07) is 6.62. The Hall–Kier alpha value is -1.55. The van der Waals surface area contributed by atoms with Crippen molar-refractivity contribution in [3.8, 4) is 0 Å². The van der Waals surface area contributed by atoms with Gasteiger partial charge in [-0.15, -0.1) is 0 Å². The summed E-state index contributed by atoms with van der Waals surface area (Å²) < 4.78 is 2.12. The predicted octanol–water partition coefficient (Wildman–Crippen LogP) is 2.66. The number of nitrogens with zero attached hydrogens (tertiary/aromatic N) is 3. The number of imidazole rings is 1. The lowest BCUT2D eigenvalue weighted by atomic mass is 9.86. The first kappa shape index (κ1) is 13.4. The quantitative estimate of drug-likeness (QED) is 0.914. The number of piperidine rings is 1.